The molecule has 6 heteroatoms. The molecule has 0 atom stereocenters. The lowest BCUT2D eigenvalue weighted by Crippen LogP contribution is -2.51. The van der Waals surface area contributed by atoms with Crippen molar-refractivity contribution < 1.29 is 4.79 Å². The van der Waals surface area contributed by atoms with Gasteiger partial charge in [0.15, 0.2) is 5.96 Å². The van der Waals surface area contributed by atoms with Gasteiger partial charge in [0.25, 0.3) is 0 Å². The number of nitrogens with zero attached hydrogens (tertiary/aromatic N) is 3. The number of hydrogen-bond acceptors (Lipinski definition) is 3. The molecule has 150 valence electrons. The fraction of sp³-hybridized carbons (Fsp3) is 0.900. The molecular formula is C20H39N5O. The Kier molecular flexibility index (Phi) is 9.23. The molecule has 1 aliphatic heterocycles. The number of carbonyl (C=O) groups is 1. The first kappa shape index (κ1) is 21.0. The Morgan fingerprint density at radius 2 is 1.81 bits per heavy atom. The van der Waals surface area contributed by atoms with E-state index in [1.165, 1.54) is 45.2 Å². The topological polar surface area (TPSA) is 60.0 Å². The Hall–Kier alpha value is -1.30. The molecule has 6 nitrogen and oxygen atoms in total. The van der Waals surface area contributed by atoms with Gasteiger partial charge in [-0.15, -0.1) is 0 Å². The third-order valence-electron chi connectivity index (χ3n) is 5.66. The average molecular weight is 366 g/mol. The molecule has 2 aliphatic rings. The highest BCUT2D eigenvalue weighted by Gasteiger charge is 2.26. The van der Waals surface area contributed by atoms with Crippen LogP contribution in [0.25, 0.3) is 0 Å². The van der Waals surface area contributed by atoms with Crippen molar-refractivity contribution in [2.45, 2.75) is 76.8 Å². The smallest absolute Gasteiger partial charge is 0.243 e. The number of amides is 1. The molecule has 1 aliphatic carbocycles. The number of likely N-dealkylation sites (N-methyl/N-ethyl adjacent to an activating group) is 1. The summed E-state index contributed by atoms with van der Waals surface area (Å²) in [5, 5.41) is 6.97. The number of nitrogens with one attached hydrogen (secondary N) is 2. The van der Waals surface area contributed by atoms with E-state index in [0.717, 1.165) is 44.2 Å². The second-order valence-electron chi connectivity index (χ2n) is 7.98. The van der Waals surface area contributed by atoms with E-state index in [-0.39, 0.29) is 12.5 Å². The van der Waals surface area contributed by atoms with E-state index in [4.69, 9.17) is 0 Å². The van der Waals surface area contributed by atoms with Crippen LogP contribution in [0.2, 0.25) is 0 Å². The van der Waals surface area contributed by atoms with E-state index in [1.807, 2.05) is 0 Å². The second kappa shape index (κ2) is 11.4. The maximum Gasteiger partial charge on any atom is 0.243 e. The predicted octanol–water partition coefficient (Wildman–Crippen LogP) is 2.21. The van der Waals surface area contributed by atoms with E-state index >= 15 is 0 Å². The summed E-state index contributed by atoms with van der Waals surface area (Å²) in [5.74, 6) is 0.832. The number of carbonyl (C=O) groups excluding carboxylic acids is 1. The van der Waals surface area contributed by atoms with Crippen LogP contribution in [0, 0.1) is 0 Å². The Morgan fingerprint density at radius 3 is 2.42 bits per heavy atom. The van der Waals surface area contributed by atoms with Crippen LogP contribution < -0.4 is 10.6 Å². The second-order valence-corrected chi connectivity index (χ2v) is 7.98. The molecule has 2 N–H and O–H groups in total. The van der Waals surface area contributed by atoms with E-state index < -0.39 is 0 Å². The van der Waals surface area contributed by atoms with Crippen LogP contribution in [0.1, 0.15) is 64.7 Å². The number of guanidine groups is 1. The van der Waals surface area contributed by atoms with Gasteiger partial charge in [-0.2, -0.15) is 0 Å². The number of piperidine rings is 1. The Labute approximate surface area is 159 Å². The van der Waals surface area contributed by atoms with Crippen molar-refractivity contribution in [1.29, 1.82) is 0 Å². The van der Waals surface area contributed by atoms with Crippen LogP contribution in [0.15, 0.2) is 4.99 Å². The minimum atomic E-state index is 0.0358. The molecule has 1 heterocycles. The first-order valence-electron chi connectivity index (χ1n) is 10.6. The minimum absolute atomic E-state index is 0.0358. The summed E-state index contributed by atoms with van der Waals surface area (Å²) in [7, 11) is 3.55. The van der Waals surface area contributed by atoms with Crippen LogP contribution in [0.4, 0.5) is 0 Å². The largest absolute Gasteiger partial charge is 0.356 e. The quantitative estimate of drug-likeness (QED) is 0.413. The van der Waals surface area contributed by atoms with Crippen LogP contribution in [0.3, 0.4) is 0 Å². The van der Waals surface area contributed by atoms with Crippen LogP contribution >= 0.6 is 0 Å². The molecule has 0 aromatic rings. The fourth-order valence-electron chi connectivity index (χ4n) is 3.87. The van der Waals surface area contributed by atoms with E-state index in [2.05, 4.69) is 27.4 Å². The van der Waals surface area contributed by atoms with Crippen molar-refractivity contribution in [1.82, 2.24) is 20.4 Å². The van der Waals surface area contributed by atoms with E-state index in [9.17, 15) is 4.79 Å². The zero-order valence-corrected chi connectivity index (χ0v) is 17.1. The summed E-state index contributed by atoms with van der Waals surface area (Å²) < 4.78 is 0. The number of rotatable bonds is 7. The summed E-state index contributed by atoms with van der Waals surface area (Å²) in [4.78, 5) is 20.6. The van der Waals surface area contributed by atoms with E-state index in [0.29, 0.717) is 6.04 Å². The van der Waals surface area contributed by atoms with Crippen molar-refractivity contribution >= 4 is 11.9 Å². The highest BCUT2D eigenvalue weighted by molar-refractivity contribution is 5.84. The molecule has 1 saturated heterocycles. The van der Waals surface area contributed by atoms with Gasteiger partial charge in [0.05, 0.1) is 0 Å². The lowest BCUT2D eigenvalue weighted by molar-refractivity contribution is -0.127. The normalized spacial score (nSPS) is 20.8. The summed E-state index contributed by atoms with van der Waals surface area (Å²) in [6.07, 6.45) is 11.6. The molecule has 0 unspecified atom stereocenters. The molecule has 1 amide bonds. The third-order valence-corrected chi connectivity index (χ3v) is 5.66. The maximum atomic E-state index is 11.8. The molecule has 2 rings (SSSR count). The monoisotopic (exact) mass is 365 g/mol. The third kappa shape index (κ3) is 7.14. The van der Waals surface area contributed by atoms with Crippen molar-refractivity contribution in [2.24, 2.45) is 4.99 Å². The zero-order valence-electron chi connectivity index (χ0n) is 17.1. The Balaban J connectivity index is 1.81. The first-order chi connectivity index (χ1) is 12.6. The van der Waals surface area contributed by atoms with Gasteiger partial charge in [-0.1, -0.05) is 32.6 Å². The number of aliphatic imine (C=N–C) groups is 1. The summed E-state index contributed by atoms with van der Waals surface area (Å²) in [6, 6.07) is 1.27. The Morgan fingerprint density at radius 1 is 1.12 bits per heavy atom. The molecular weight excluding hydrogens is 326 g/mol. The number of likely N-dealkylation sites (tertiary alicyclic amines) is 1. The highest BCUT2D eigenvalue weighted by atomic mass is 16.2. The summed E-state index contributed by atoms with van der Waals surface area (Å²) >= 11 is 0. The molecule has 1 saturated carbocycles. The van der Waals surface area contributed by atoms with Gasteiger partial charge in [0, 0.05) is 45.8 Å². The Bertz CT molecular complexity index is 437. The van der Waals surface area contributed by atoms with Gasteiger partial charge >= 0.3 is 0 Å². The van der Waals surface area contributed by atoms with Gasteiger partial charge in [-0.05, 0) is 32.1 Å². The molecule has 0 aromatic carbocycles. The van der Waals surface area contributed by atoms with Crippen molar-refractivity contribution in [2.75, 3.05) is 40.3 Å². The van der Waals surface area contributed by atoms with Crippen molar-refractivity contribution in [3.8, 4) is 0 Å². The number of unbranched alkanes of at least 4 members (excludes halogenated alkanes) is 1. The van der Waals surface area contributed by atoms with Crippen LogP contribution in [-0.2, 0) is 4.79 Å². The standard InChI is InChI=1S/C20H39N5O/c1-4-5-13-21-20(22-16-19(26)24(2)3)23-17-11-14-25(15-12-17)18-9-7-6-8-10-18/h17-18H,4-16H2,1-3H3,(H2,21,22,23). The average Bonchev–Trinajstić information content (AvgIpc) is 2.67. The van der Waals surface area contributed by atoms with Gasteiger partial charge in [0.2, 0.25) is 5.91 Å². The van der Waals surface area contributed by atoms with Gasteiger partial charge in [-0.3, -0.25) is 4.79 Å². The molecule has 0 radical (unpaired) electrons. The fourth-order valence-corrected chi connectivity index (χ4v) is 3.87. The van der Waals surface area contributed by atoms with Crippen molar-refractivity contribution in [3.05, 3.63) is 0 Å². The van der Waals surface area contributed by atoms with Gasteiger partial charge < -0.3 is 20.4 Å². The zero-order chi connectivity index (χ0) is 18.8. The SMILES string of the molecule is CCCCNC(=NCC(=O)N(C)C)NC1CCN(C2CCCCC2)CC1. The molecule has 0 bridgehead atoms. The molecule has 2 fully saturated rings. The van der Waals surface area contributed by atoms with E-state index in [1.54, 1.807) is 19.0 Å². The lowest BCUT2D eigenvalue weighted by atomic mass is 9.92. The van der Waals surface area contributed by atoms with Gasteiger partial charge in [0.1, 0.15) is 6.54 Å². The lowest BCUT2D eigenvalue weighted by Gasteiger charge is -2.39. The molecule has 26 heavy (non-hydrogen) atoms. The van der Waals surface area contributed by atoms with Crippen LogP contribution in [0.5, 0.6) is 0 Å². The predicted molar refractivity (Wildman–Crippen MR) is 109 cm³/mol. The minimum Gasteiger partial charge on any atom is -0.356 e. The summed E-state index contributed by atoms with van der Waals surface area (Å²) in [5.41, 5.74) is 0. The van der Waals surface area contributed by atoms with Gasteiger partial charge in [-0.25, -0.2) is 4.99 Å². The van der Waals surface area contributed by atoms with Crippen molar-refractivity contribution in [3.63, 3.8) is 0 Å². The van der Waals surface area contributed by atoms with Crippen LogP contribution in [-0.4, -0.2) is 74.0 Å². The molecule has 0 spiro atoms. The first-order valence-corrected chi connectivity index (χ1v) is 10.6. The molecule has 0 aromatic heterocycles. The summed E-state index contributed by atoms with van der Waals surface area (Å²) in [6.45, 7) is 5.65. The maximum absolute atomic E-state index is 11.8. The highest BCUT2D eigenvalue weighted by Crippen LogP contribution is 2.25. The number of hydrogen-bond donors (Lipinski definition) is 2.